The van der Waals surface area contributed by atoms with E-state index in [9.17, 15) is 4.79 Å². The molecule has 3 nitrogen and oxygen atoms in total. The zero-order valence-corrected chi connectivity index (χ0v) is 11.0. The first-order valence-electron chi connectivity index (χ1n) is 6.76. The number of amides is 1. The molecule has 3 heteroatoms. The van der Waals surface area contributed by atoms with Crippen LogP contribution in [0.15, 0.2) is 0 Å². The molecule has 0 atom stereocenters. The Morgan fingerprint density at radius 1 is 0.875 bits per heavy atom. The lowest BCUT2D eigenvalue weighted by Crippen LogP contribution is -2.33. The number of hydrogen-bond acceptors (Lipinski definition) is 2. The largest absolute Gasteiger partial charge is 0.292 e. The minimum Gasteiger partial charge on any atom is -0.292 e. The second-order valence-corrected chi connectivity index (χ2v) is 4.38. The van der Waals surface area contributed by atoms with Crippen molar-refractivity contribution in [2.75, 3.05) is 7.05 Å². The lowest BCUT2D eigenvalue weighted by molar-refractivity contribution is -0.122. The van der Waals surface area contributed by atoms with Gasteiger partial charge in [-0.25, -0.2) is 5.43 Å². The molecule has 0 saturated heterocycles. The Kier molecular flexibility index (Phi) is 12.1. The lowest BCUT2D eigenvalue weighted by Gasteiger charge is -2.03. The summed E-state index contributed by atoms with van der Waals surface area (Å²) in [5, 5.41) is 0. The van der Waals surface area contributed by atoms with E-state index in [1.165, 1.54) is 51.4 Å². The molecular weight excluding hydrogens is 200 g/mol. The van der Waals surface area contributed by atoms with Gasteiger partial charge in [-0.2, -0.15) is 0 Å². The number of rotatable bonds is 11. The molecule has 0 aromatic heterocycles. The monoisotopic (exact) mass is 228 g/mol. The van der Waals surface area contributed by atoms with Gasteiger partial charge in [0.1, 0.15) is 0 Å². The maximum absolute atomic E-state index is 11.1. The van der Waals surface area contributed by atoms with Crippen molar-refractivity contribution >= 4 is 5.91 Å². The van der Waals surface area contributed by atoms with Crippen molar-refractivity contribution < 1.29 is 4.79 Å². The number of hydrogen-bond donors (Lipinski definition) is 2. The van der Waals surface area contributed by atoms with E-state index in [0.29, 0.717) is 6.42 Å². The number of unbranched alkanes of at least 4 members (excludes halogenated alkanes) is 8. The van der Waals surface area contributed by atoms with Gasteiger partial charge in [-0.15, -0.1) is 0 Å². The summed E-state index contributed by atoms with van der Waals surface area (Å²) in [5.41, 5.74) is 5.23. The molecule has 2 N–H and O–H groups in total. The van der Waals surface area contributed by atoms with Crippen molar-refractivity contribution in [1.29, 1.82) is 0 Å². The van der Waals surface area contributed by atoms with Crippen LogP contribution in [0.2, 0.25) is 0 Å². The van der Waals surface area contributed by atoms with Crippen LogP contribution in [0.25, 0.3) is 0 Å². The van der Waals surface area contributed by atoms with Gasteiger partial charge in [-0.1, -0.05) is 58.3 Å². The maximum atomic E-state index is 11.1. The first kappa shape index (κ1) is 15.4. The highest BCUT2D eigenvalue weighted by molar-refractivity contribution is 5.75. The van der Waals surface area contributed by atoms with Gasteiger partial charge in [0.25, 0.3) is 0 Å². The van der Waals surface area contributed by atoms with Crippen LogP contribution in [0.3, 0.4) is 0 Å². The Morgan fingerprint density at radius 2 is 1.38 bits per heavy atom. The Labute approximate surface area is 100 Å². The highest BCUT2D eigenvalue weighted by atomic mass is 16.2. The fourth-order valence-corrected chi connectivity index (χ4v) is 1.80. The van der Waals surface area contributed by atoms with Crippen molar-refractivity contribution in [2.45, 2.75) is 71.1 Å². The van der Waals surface area contributed by atoms with E-state index >= 15 is 0 Å². The third-order valence-corrected chi connectivity index (χ3v) is 2.77. The van der Waals surface area contributed by atoms with Gasteiger partial charge in [-0.05, 0) is 6.42 Å². The number of nitrogens with one attached hydrogen (secondary N) is 2. The molecule has 0 aromatic carbocycles. The summed E-state index contributed by atoms with van der Waals surface area (Å²) < 4.78 is 0. The minimum absolute atomic E-state index is 0.102. The van der Waals surface area contributed by atoms with Crippen LogP contribution in [0.5, 0.6) is 0 Å². The normalized spacial score (nSPS) is 10.4. The average Bonchev–Trinajstić information content (AvgIpc) is 2.27. The van der Waals surface area contributed by atoms with Gasteiger partial charge >= 0.3 is 0 Å². The van der Waals surface area contributed by atoms with Gasteiger partial charge in [0.15, 0.2) is 0 Å². The van der Waals surface area contributed by atoms with Gasteiger partial charge in [0, 0.05) is 13.5 Å². The summed E-state index contributed by atoms with van der Waals surface area (Å²) in [6, 6.07) is 0. The van der Waals surface area contributed by atoms with E-state index in [1.807, 2.05) is 0 Å². The molecule has 16 heavy (non-hydrogen) atoms. The summed E-state index contributed by atoms with van der Waals surface area (Å²) in [4.78, 5) is 11.1. The zero-order chi connectivity index (χ0) is 12.1. The maximum Gasteiger partial charge on any atom is 0.234 e. The number of carbonyl (C=O) groups excluding carboxylic acids is 1. The summed E-state index contributed by atoms with van der Waals surface area (Å²) in [6.07, 6.45) is 12.3. The average molecular weight is 228 g/mol. The highest BCUT2D eigenvalue weighted by Gasteiger charge is 1.98. The van der Waals surface area contributed by atoms with Crippen molar-refractivity contribution in [3.8, 4) is 0 Å². The molecule has 0 fully saturated rings. The van der Waals surface area contributed by atoms with Crippen LogP contribution in [-0.2, 0) is 4.79 Å². The minimum atomic E-state index is 0.102. The van der Waals surface area contributed by atoms with Crippen molar-refractivity contribution in [3.05, 3.63) is 0 Å². The molecule has 0 aromatic rings. The van der Waals surface area contributed by atoms with E-state index in [0.717, 1.165) is 6.42 Å². The number of carbonyl (C=O) groups is 1. The smallest absolute Gasteiger partial charge is 0.234 e. The van der Waals surface area contributed by atoms with Crippen LogP contribution in [0, 0.1) is 0 Å². The van der Waals surface area contributed by atoms with E-state index in [2.05, 4.69) is 17.8 Å². The summed E-state index contributed by atoms with van der Waals surface area (Å²) in [7, 11) is 1.72. The molecule has 1 amide bonds. The van der Waals surface area contributed by atoms with E-state index in [4.69, 9.17) is 0 Å². The summed E-state index contributed by atoms with van der Waals surface area (Å²) >= 11 is 0. The van der Waals surface area contributed by atoms with Crippen molar-refractivity contribution in [1.82, 2.24) is 10.9 Å². The molecule has 0 rings (SSSR count). The quantitative estimate of drug-likeness (QED) is 0.421. The van der Waals surface area contributed by atoms with Crippen LogP contribution in [-0.4, -0.2) is 13.0 Å². The van der Waals surface area contributed by atoms with Gasteiger partial charge in [-0.3, -0.25) is 10.2 Å². The van der Waals surface area contributed by atoms with Crippen LogP contribution < -0.4 is 10.9 Å². The van der Waals surface area contributed by atoms with E-state index in [1.54, 1.807) is 7.05 Å². The van der Waals surface area contributed by atoms with Crippen LogP contribution in [0.1, 0.15) is 71.1 Å². The van der Waals surface area contributed by atoms with Gasteiger partial charge in [0.2, 0.25) is 5.91 Å². The highest BCUT2D eigenvalue weighted by Crippen LogP contribution is 2.10. The van der Waals surface area contributed by atoms with Crippen LogP contribution >= 0.6 is 0 Å². The topological polar surface area (TPSA) is 41.1 Å². The van der Waals surface area contributed by atoms with E-state index in [-0.39, 0.29) is 5.91 Å². The molecule has 0 spiro atoms. The molecule has 0 unspecified atom stereocenters. The van der Waals surface area contributed by atoms with Crippen molar-refractivity contribution in [2.24, 2.45) is 0 Å². The molecule has 0 bridgehead atoms. The SMILES string of the molecule is CCCCCCCCCCCC(=O)NNC. The lowest BCUT2D eigenvalue weighted by atomic mass is 10.1. The molecule has 0 saturated carbocycles. The predicted molar refractivity (Wildman–Crippen MR) is 69.0 cm³/mol. The van der Waals surface area contributed by atoms with Gasteiger partial charge < -0.3 is 0 Å². The Bertz CT molecular complexity index is 160. The Hall–Kier alpha value is -0.570. The first-order chi connectivity index (χ1) is 7.81. The summed E-state index contributed by atoms with van der Waals surface area (Å²) in [5.74, 6) is 0.102. The standard InChI is InChI=1S/C13H28N2O/c1-3-4-5-6-7-8-9-10-11-12-13(16)15-14-2/h14H,3-12H2,1-2H3,(H,15,16). The third kappa shape index (κ3) is 11.5. The fraction of sp³-hybridized carbons (Fsp3) is 0.923. The molecule has 0 aliphatic rings. The van der Waals surface area contributed by atoms with E-state index < -0.39 is 0 Å². The number of hydrazine groups is 1. The fourth-order valence-electron chi connectivity index (χ4n) is 1.80. The third-order valence-electron chi connectivity index (χ3n) is 2.77. The zero-order valence-electron chi connectivity index (χ0n) is 11.0. The molecule has 0 aliphatic carbocycles. The Balaban J connectivity index is 3.01. The molecule has 0 heterocycles. The van der Waals surface area contributed by atoms with Gasteiger partial charge in [0.05, 0.1) is 0 Å². The second kappa shape index (κ2) is 12.5. The summed E-state index contributed by atoms with van der Waals surface area (Å²) in [6.45, 7) is 2.25. The molecule has 96 valence electrons. The van der Waals surface area contributed by atoms with Crippen molar-refractivity contribution in [3.63, 3.8) is 0 Å². The second-order valence-electron chi connectivity index (χ2n) is 4.38. The Morgan fingerprint density at radius 3 is 1.88 bits per heavy atom. The van der Waals surface area contributed by atoms with Crippen LogP contribution in [0.4, 0.5) is 0 Å². The predicted octanol–water partition coefficient (Wildman–Crippen LogP) is 3.16. The molecular formula is C13H28N2O. The molecule has 0 aliphatic heterocycles. The first-order valence-corrected chi connectivity index (χ1v) is 6.76. The molecule has 0 radical (unpaired) electrons.